The van der Waals surface area contributed by atoms with Crippen molar-refractivity contribution < 1.29 is 33.2 Å². The molecular weight excluding hydrogens is 456 g/mol. The zero-order valence-electron chi connectivity index (χ0n) is 21.6. The second-order valence-electron chi connectivity index (χ2n) is 10.1. The number of hydrogen-bond donors (Lipinski definition) is 3. The van der Waals surface area contributed by atoms with E-state index in [0.29, 0.717) is 25.2 Å². The number of rotatable bonds is 14. The summed E-state index contributed by atoms with van der Waals surface area (Å²) < 4.78 is 15.3. The van der Waals surface area contributed by atoms with E-state index in [-0.39, 0.29) is 29.9 Å². The molecule has 11 heteroatoms. The minimum atomic E-state index is -1.07. The lowest BCUT2D eigenvalue weighted by Crippen LogP contribution is -2.58. The van der Waals surface area contributed by atoms with Crippen molar-refractivity contribution >= 4 is 23.5 Å². The Morgan fingerprint density at radius 2 is 1.54 bits per heavy atom. The molecule has 196 valence electrons. The average Bonchev–Trinajstić information content (AvgIpc) is 3.37. The van der Waals surface area contributed by atoms with Crippen LogP contribution in [0.3, 0.4) is 0 Å². The molecule has 1 aromatic heterocycles. The van der Waals surface area contributed by atoms with Crippen LogP contribution >= 0.6 is 0 Å². The third-order valence-electron chi connectivity index (χ3n) is 5.59. The Balaban J connectivity index is 2.12. The Morgan fingerprint density at radius 1 is 1.00 bits per heavy atom. The Hall–Kier alpha value is -2.79. The van der Waals surface area contributed by atoms with Gasteiger partial charge in [0.05, 0.1) is 19.3 Å². The van der Waals surface area contributed by atoms with Crippen LogP contribution in [0, 0.1) is 18.8 Å². The summed E-state index contributed by atoms with van der Waals surface area (Å²) in [5.41, 5.74) is -0.833. The lowest BCUT2D eigenvalue weighted by molar-refractivity contribution is -0.134. The SMILES string of the molecule is COC[C@H](NC(=O)[C@H](CC(C)C)NC(=O)c1cc(C)on1)C(=O)NC(CC(C)C)C(=O)[C@@]1(C)CO1. The van der Waals surface area contributed by atoms with Crippen molar-refractivity contribution in [1.29, 1.82) is 0 Å². The van der Waals surface area contributed by atoms with Gasteiger partial charge in [0.2, 0.25) is 11.8 Å². The molecule has 4 atom stereocenters. The van der Waals surface area contributed by atoms with Crippen LogP contribution in [-0.4, -0.2) is 72.7 Å². The molecular formula is C24H38N4O7. The number of amides is 3. The smallest absolute Gasteiger partial charge is 0.274 e. The van der Waals surface area contributed by atoms with Gasteiger partial charge < -0.3 is 29.9 Å². The first-order valence-electron chi connectivity index (χ1n) is 11.9. The van der Waals surface area contributed by atoms with Crippen LogP contribution in [0.15, 0.2) is 10.6 Å². The standard InChI is InChI=1S/C24H38N4O7/c1-13(2)8-16(20(29)24(6)12-34-24)25-23(32)19(11-33-7)27-21(30)17(9-14(3)4)26-22(31)18-10-15(5)35-28-18/h10,13-14,16-17,19H,8-9,11-12H2,1-7H3,(H,25,32)(H,26,31)(H,27,30)/t16?,17-,19-,24+/m0/s1. The highest BCUT2D eigenvalue weighted by Crippen LogP contribution is 2.29. The van der Waals surface area contributed by atoms with E-state index in [0.717, 1.165) is 0 Å². The third-order valence-corrected chi connectivity index (χ3v) is 5.59. The van der Waals surface area contributed by atoms with Crippen LogP contribution in [0.2, 0.25) is 0 Å². The lowest BCUT2D eigenvalue weighted by Gasteiger charge is -2.26. The minimum Gasteiger partial charge on any atom is -0.382 e. The summed E-state index contributed by atoms with van der Waals surface area (Å²) in [7, 11) is 1.41. The van der Waals surface area contributed by atoms with Crippen molar-refractivity contribution in [1.82, 2.24) is 21.1 Å². The van der Waals surface area contributed by atoms with E-state index in [4.69, 9.17) is 14.0 Å². The summed E-state index contributed by atoms with van der Waals surface area (Å²) in [5.74, 6) is -1.17. The molecule has 3 amide bonds. The number of hydrogen-bond acceptors (Lipinski definition) is 8. The molecule has 35 heavy (non-hydrogen) atoms. The fraction of sp³-hybridized carbons (Fsp3) is 0.708. The molecule has 1 saturated heterocycles. The minimum absolute atomic E-state index is 0.0565. The van der Waals surface area contributed by atoms with E-state index in [1.54, 1.807) is 13.8 Å². The van der Waals surface area contributed by atoms with Gasteiger partial charge in [0.25, 0.3) is 5.91 Å². The molecule has 2 rings (SSSR count). The van der Waals surface area contributed by atoms with Crippen molar-refractivity contribution in [2.75, 3.05) is 20.3 Å². The number of methoxy groups -OCH3 is 1. The zero-order chi connectivity index (χ0) is 26.3. The maximum Gasteiger partial charge on any atom is 0.274 e. The molecule has 11 nitrogen and oxygen atoms in total. The highest BCUT2D eigenvalue weighted by atomic mass is 16.6. The highest BCUT2D eigenvalue weighted by Gasteiger charge is 2.50. The Labute approximate surface area is 206 Å². The molecule has 1 aliphatic rings. The van der Waals surface area contributed by atoms with Gasteiger partial charge in [-0.05, 0) is 38.5 Å². The fourth-order valence-corrected chi connectivity index (χ4v) is 3.62. The summed E-state index contributed by atoms with van der Waals surface area (Å²) in [6.07, 6.45) is 0.764. The van der Waals surface area contributed by atoms with Gasteiger partial charge in [0.1, 0.15) is 23.4 Å². The summed E-state index contributed by atoms with van der Waals surface area (Å²) >= 11 is 0. The maximum atomic E-state index is 13.1. The molecule has 3 N–H and O–H groups in total. The van der Waals surface area contributed by atoms with E-state index < -0.39 is 41.4 Å². The average molecular weight is 495 g/mol. The fourth-order valence-electron chi connectivity index (χ4n) is 3.62. The zero-order valence-corrected chi connectivity index (χ0v) is 21.6. The molecule has 2 heterocycles. The van der Waals surface area contributed by atoms with Gasteiger partial charge in [0.15, 0.2) is 11.5 Å². The van der Waals surface area contributed by atoms with Crippen LogP contribution in [0.25, 0.3) is 0 Å². The number of nitrogens with one attached hydrogen (secondary N) is 3. The van der Waals surface area contributed by atoms with Gasteiger partial charge in [-0.2, -0.15) is 0 Å². The van der Waals surface area contributed by atoms with Crippen molar-refractivity contribution in [2.24, 2.45) is 11.8 Å². The van der Waals surface area contributed by atoms with Gasteiger partial charge in [-0.25, -0.2) is 0 Å². The maximum absolute atomic E-state index is 13.1. The van der Waals surface area contributed by atoms with Crippen molar-refractivity contribution in [2.45, 2.75) is 78.1 Å². The second-order valence-corrected chi connectivity index (χ2v) is 10.1. The normalized spacial score (nSPS) is 19.7. The topological polar surface area (TPSA) is 152 Å². The first kappa shape index (κ1) is 28.4. The van der Waals surface area contributed by atoms with Gasteiger partial charge in [-0.15, -0.1) is 0 Å². The Morgan fingerprint density at radius 3 is 2.03 bits per heavy atom. The lowest BCUT2D eigenvalue weighted by atomic mass is 9.93. The van der Waals surface area contributed by atoms with Gasteiger partial charge in [-0.3, -0.25) is 19.2 Å². The quantitative estimate of drug-likeness (QED) is 0.326. The van der Waals surface area contributed by atoms with Crippen LogP contribution < -0.4 is 16.0 Å². The molecule has 1 aliphatic heterocycles. The number of carbonyl (C=O) groups is 4. The number of aromatic nitrogens is 1. The second kappa shape index (κ2) is 12.3. The summed E-state index contributed by atoms with van der Waals surface area (Å²) in [4.78, 5) is 51.6. The van der Waals surface area contributed by atoms with E-state index in [1.807, 2.05) is 27.7 Å². The van der Waals surface area contributed by atoms with Crippen LogP contribution in [-0.2, 0) is 23.9 Å². The van der Waals surface area contributed by atoms with Crippen molar-refractivity contribution in [3.05, 3.63) is 17.5 Å². The largest absolute Gasteiger partial charge is 0.382 e. The first-order chi connectivity index (χ1) is 16.4. The van der Waals surface area contributed by atoms with Gasteiger partial charge >= 0.3 is 0 Å². The number of aryl methyl sites for hydroxylation is 1. The summed E-state index contributed by atoms with van der Waals surface area (Å²) in [6.45, 7) is 11.3. The van der Waals surface area contributed by atoms with E-state index in [1.165, 1.54) is 13.2 Å². The van der Waals surface area contributed by atoms with E-state index in [9.17, 15) is 19.2 Å². The molecule has 1 unspecified atom stereocenters. The molecule has 1 fully saturated rings. The third kappa shape index (κ3) is 8.43. The molecule has 0 saturated carbocycles. The Kier molecular flexibility index (Phi) is 9.96. The van der Waals surface area contributed by atoms with Crippen molar-refractivity contribution in [3.63, 3.8) is 0 Å². The predicted molar refractivity (Wildman–Crippen MR) is 127 cm³/mol. The molecule has 0 aliphatic carbocycles. The molecule has 0 spiro atoms. The number of nitrogens with zero attached hydrogens (tertiary/aromatic N) is 1. The summed E-state index contributed by atoms with van der Waals surface area (Å²) in [5, 5.41) is 11.8. The number of Topliss-reactive ketones (excluding diaryl/α,β-unsaturated/α-hetero) is 1. The van der Waals surface area contributed by atoms with Crippen LogP contribution in [0.5, 0.6) is 0 Å². The molecule has 0 bridgehead atoms. The van der Waals surface area contributed by atoms with Gasteiger partial charge in [0, 0.05) is 13.2 Å². The van der Waals surface area contributed by atoms with E-state index in [2.05, 4.69) is 21.1 Å². The predicted octanol–water partition coefficient (Wildman–Crippen LogP) is 1.15. The number of ether oxygens (including phenoxy) is 2. The first-order valence-corrected chi connectivity index (χ1v) is 11.9. The van der Waals surface area contributed by atoms with Crippen molar-refractivity contribution in [3.8, 4) is 0 Å². The summed E-state index contributed by atoms with van der Waals surface area (Å²) in [6, 6.07) is -1.27. The molecule has 0 aromatic carbocycles. The van der Waals surface area contributed by atoms with Gasteiger partial charge in [-0.1, -0.05) is 32.9 Å². The van der Waals surface area contributed by atoms with Crippen LogP contribution in [0.1, 0.15) is 63.7 Å². The van der Waals surface area contributed by atoms with E-state index >= 15 is 0 Å². The number of ketones is 1. The highest BCUT2D eigenvalue weighted by molar-refractivity contribution is 5.99. The Bertz CT molecular complexity index is 907. The number of carbonyl (C=O) groups excluding carboxylic acids is 4. The molecule has 1 aromatic rings. The monoisotopic (exact) mass is 494 g/mol. The van der Waals surface area contributed by atoms with Crippen LogP contribution in [0.4, 0.5) is 0 Å². The number of epoxide rings is 1. The molecule has 0 radical (unpaired) electrons.